The third kappa shape index (κ3) is 4.08. The van der Waals surface area contributed by atoms with Gasteiger partial charge in [0.25, 0.3) is 0 Å². The summed E-state index contributed by atoms with van der Waals surface area (Å²) >= 11 is 0. The zero-order valence-electron chi connectivity index (χ0n) is 17.2. The Morgan fingerprint density at radius 3 is 2.69 bits per heavy atom. The van der Waals surface area contributed by atoms with Crippen LogP contribution in [-0.4, -0.2) is 38.8 Å². The molecule has 0 unspecified atom stereocenters. The molecule has 0 radical (unpaired) electrons. The fourth-order valence-electron chi connectivity index (χ4n) is 4.33. The van der Waals surface area contributed by atoms with E-state index in [0.717, 1.165) is 54.5 Å². The SMILES string of the molecule is O=C(NCc1nc2cc(F)c(F)cc2[nH]1)C1CCN(Cc2c[nH]c3ccc(F)cc23)CC1. The first-order valence-electron chi connectivity index (χ1n) is 10.6. The van der Waals surface area contributed by atoms with Crippen LogP contribution in [0.4, 0.5) is 13.2 Å². The van der Waals surface area contributed by atoms with Crippen molar-refractivity contribution in [2.45, 2.75) is 25.9 Å². The van der Waals surface area contributed by atoms with Gasteiger partial charge in [0.2, 0.25) is 5.91 Å². The summed E-state index contributed by atoms with van der Waals surface area (Å²) in [4.78, 5) is 25.1. The maximum Gasteiger partial charge on any atom is 0.223 e. The molecule has 1 amide bonds. The second-order valence-corrected chi connectivity index (χ2v) is 8.24. The predicted octanol–water partition coefficient (Wildman–Crippen LogP) is 3.99. The monoisotopic (exact) mass is 441 g/mol. The third-order valence-electron chi connectivity index (χ3n) is 6.08. The van der Waals surface area contributed by atoms with E-state index in [1.807, 2.05) is 6.20 Å². The van der Waals surface area contributed by atoms with Crippen LogP contribution in [-0.2, 0) is 17.9 Å². The highest BCUT2D eigenvalue weighted by Gasteiger charge is 2.25. The highest BCUT2D eigenvalue weighted by atomic mass is 19.2. The molecule has 2 aromatic heterocycles. The van der Waals surface area contributed by atoms with Crippen LogP contribution in [0, 0.1) is 23.4 Å². The molecule has 1 saturated heterocycles. The minimum absolute atomic E-state index is 0.0587. The van der Waals surface area contributed by atoms with Gasteiger partial charge >= 0.3 is 0 Å². The molecular weight excluding hydrogens is 419 g/mol. The van der Waals surface area contributed by atoms with Crippen LogP contribution >= 0.6 is 0 Å². The third-order valence-corrected chi connectivity index (χ3v) is 6.08. The number of fused-ring (bicyclic) bond motifs is 2. The van der Waals surface area contributed by atoms with Gasteiger partial charge in [-0.05, 0) is 49.7 Å². The number of benzene rings is 2. The van der Waals surface area contributed by atoms with Gasteiger partial charge in [0.1, 0.15) is 11.6 Å². The first kappa shape index (κ1) is 20.6. The Balaban J connectivity index is 1.15. The van der Waals surface area contributed by atoms with Crippen LogP contribution < -0.4 is 5.32 Å². The van der Waals surface area contributed by atoms with Crippen molar-refractivity contribution in [2.75, 3.05) is 13.1 Å². The number of nitrogens with one attached hydrogen (secondary N) is 3. The number of imidazole rings is 1. The molecule has 3 heterocycles. The smallest absolute Gasteiger partial charge is 0.223 e. The van der Waals surface area contributed by atoms with Crippen LogP contribution in [0.25, 0.3) is 21.9 Å². The summed E-state index contributed by atoms with van der Waals surface area (Å²) in [5.74, 6) is -1.87. The predicted molar refractivity (Wildman–Crippen MR) is 114 cm³/mol. The summed E-state index contributed by atoms with van der Waals surface area (Å²) in [5.41, 5.74) is 2.66. The molecule has 0 atom stereocenters. The summed E-state index contributed by atoms with van der Waals surface area (Å²) in [6.45, 7) is 2.40. The topological polar surface area (TPSA) is 76.8 Å². The highest BCUT2D eigenvalue weighted by Crippen LogP contribution is 2.24. The zero-order chi connectivity index (χ0) is 22.2. The molecule has 2 aromatic carbocycles. The second kappa shape index (κ2) is 8.31. The van der Waals surface area contributed by atoms with Gasteiger partial charge < -0.3 is 15.3 Å². The van der Waals surface area contributed by atoms with Gasteiger partial charge in [-0.2, -0.15) is 0 Å². The first-order valence-corrected chi connectivity index (χ1v) is 10.6. The van der Waals surface area contributed by atoms with Gasteiger partial charge in [0, 0.05) is 41.7 Å². The fraction of sp³-hybridized carbons (Fsp3) is 0.304. The van der Waals surface area contributed by atoms with Crippen LogP contribution in [0.5, 0.6) is 0 Å². The van der Waals surface area contributed by atoms with E-state index < -0.39 is 11.6 Å². The average molecular weight is 441 g/mol. The number of halogens is 3. The normalized spacial score (nSPS) is 15.6. The van der Waals surface area contributed by atoms with Crippen molar-refractivity contribution < 1.29 is 18.0 Å². The molecule has 166 valence electrons. The average Bonchev–Trinajstić information content (AvgIpc) is 3.36. The number of likely N-dealkylation sites (tertiary alicyclic amines) is 1. The molecule has 3 N–H and O–H groups in total. The molecule has 1 aliphatic rings. The molecule has 9 heteroatoms. The molecular formula is C23H22F3N5O. The first-order chi connectivity index (χ1) is 15.5. The molecule has 1 fully saturated rings. The number of H-pyrrole nitrogens is 2. The summed E-state index contributed by atoms with van der Waals surface area (Å²) in [6, 6.07) is 6.81. The minimum Gasteiger partial charge on any atom is -0.361 e. The maximum absolute atomic E-state index is 13.6. The van der Waals surface area contributed by atoms with E-state index in [1.165, 1.54) is 6.07 Å². The number of aromatic nitrogens is 3. The standard InChI is InChI=1S/C23H22F3N5O/c24-15-1-2-19-16(7-15)14(10-27-19)12-31-5-3-13(4-6-31)23(32)28-11-22-29-20-8-17(25)18(26)9-21(20)30-22/h1-2,7-10,13,27H,3-6,11-12H2,(H,28,32)(H,29,30). The Morgan fingerprint density at radius 1 is 1.09 bits per heavy atom. The van der Waals surface area contributed by atoms with Crippen molar-refractivity contribution in [3.8, 4) is 0 Å². The van der Waals surface area contributed by atoms with Crippen molar-refractivity contribution in [3.05, 3.63) is 65.4 Å². The van der Waals surface area contributed by atoms with E-state index in [2.05, 4.69) is 25.2 Å². The van der Waals surface area contributed by atoms with Gasteiger partial charge in [0.05, 0.1) is 17.6 Å². The van der Waals surface area contributed by atoms with Crippen molar-refractivity contribution in [3.63, 3.8) is 0 Å². The Bertz CT molecular complexity index is 1250. The number of hydrogen-bond acceptors (Lipinski definition) is 3. The van der Waals surface area contributed by atoms with E-state index in [1.54, 1.807) is 12.1 Å². The largest absolute Gasteiger partial charge is 0.361 e. The van der Waals surface area contributed by atoms with Gasteiger partial charge in [-0.1, -0.05) is 0 Å². The summed E-state index contributed by atoms with van der Waals surface area (Å²) in [6.07, 6.45) is 3.35. The van der Waals surface area contributed by atoms with E-state index in [0.29, 0.717) is 23.4 Å². The Labute approximate surface area is 181 Å². The lowest BCUT2D eigenvalue weighted by Gasteiger charge is -2.31. The van der Waals surface area contributed by atoms with Crippen LogP contribution in [0.1, 0.15) is 24.2 Å². The molecule has 0 spiro atoms. The number of carbonyl (C=O) groups is 1. The second-order valence-electron chi connectivity index (χ2n) is 8.24. The molecule has 5 rings (SSSR count). The Kier molecular flexibility index (Phi) is 5.34. The number of rotatable bonds is 5. The van der Waals surface area contributed by atoms with Crippen LogP contribution in [0.15, 0.2) is 36.5 Å². The molecule has 0 saturated carbocycles. The Morgan fingerprint density at radius 2 is 1.88 bits per heavy atom. The lowest BCUT2D eigenvalue weighted by molar-refractivity contribution is -0.126. The number of amides is 1. The lowest BCUT2D eigenvalue weighted by atomic mass is 9.95. The Hall–Kier alpha value is -3.33. The van der Waals surface area contributed by atoms with Crippen molar-refractivity contribution in [2.24, 2.45) is 5.92 Å². The van der Waals surface area contributed by atoms with E-state index in [-0.39, 0.29) is 24.2 Å². The van der Waals surface area contributed by atoms with Crippen molar-refractivity contribution in [1.82, 2.24) is 25.2 Å². The van der Waals surface area contributed by atoms with Gasteiger partial charge in [-0.15, -0.1) is 0 Å². The number of nitrogens with zero attached hydrogens (tertiary/aromatic N) is 2. The van der Waals surface area contributed by atoms with E-state index in [9.17, 15) is 18.0 Å². The summed E-state index contributed by atoms with van der Waals surface area (Å²) in [7, 11) is 0. The summed E-state index contributed by atoms with van der Waals surface area (Å²) < 4.78 is 40.3. The van der Waals surface area contributed by atoms with E-state index >= 15 is 0 Å². The van der Waals surface area contributed by atoms with Gasteiger partial charge in [0.15, 0.2) is 11.6 Å². The molecule has 4 aromatic rings. The molecule has 0 aliphatic carbocycles. The number of aromatic amines is 2. The van der Waals surface area contributed by atoms with Gasteiger partial charge in [-0.25, -0.2) is 18.2 Å². The molecule has 1 aliphatic heterocycles. The van der Waals surface area contributed by atoms with Crippen molar-refractivity contribution in [1.29, 1.82) is 0 Å². The van der Waals surface area contributed by atoms with Crippen molar-refractivity contribution >= 4 is 27.8 Å². The van der Waals surface area contributed by atoms with E-state index in [4.69, 9.17) is 0 Å². The number of piperidine rings is 1. The van der Waals surface area contributed by atoms with Gasteiger partial charge in [-0.3, -0.25) is 9.69 Å². The number of hydrogen-bond donors (Lipinski definition) is 3. The number of carbonyl (C=O) groups excluding carboxylic acids is 1. The fourth-order valence-corrected chi connectivity index (χ4v) is 4.33. The minimum atomic E-state index is -0.955. The van der Waals surface area contributed by atoms with Crippen LogP contribution in [0.3, 0.4) is 0 Å². The highest BCUT2D eigenvalue weighted by molar-refractivity contribution is 5.83. The zero-order valence-corrected chi connectivity index (χ0v) is 17.2. The maximum atomic E-state index is 13.6. The molecule has 6 nitrogen and oxygen atoms in total. The molecule has 32 heavy (non-hydrogen) atoms. The quantitative estimate of drug-likeness (QED) is 0.438. The molecule has 0 bridgehead atoms. The van der Waals surface area contributed by atoms with Crippen LogP contribution in [0.2, 0.25) is 0 Å². The lowest BCUT2D eigenvalue weighted by Crippen LogP contribution is -2.40. The summed E-state index contributed by atoms with van der Waals surface area (Å²) in [5, 5.41) is 3.75.